The summed E-state index contributed by atoms with van der Waals surface area (Å²) >= 11 is 1.47. The standard InChI is InChI=1S/C29H31N3O3S2/c1-5-9-26-27(23-14-12-22(13-15-23)21-10-7-6-8-11-21)30-29(36-26)31-28(33)24-16-18-25(19-17-24)37(34,35)32(4)20(2)3/h6-8,10-20H,5,9H2,1-4H3,(H,30,31,33). The van der Waals surface area contributed by atoms with Crippen molar-refractivity contribution in [3.8, 4) is 22.4 Å². The number of nitrogens with zero attached hydrogens (tertiary/aromatic N) is 2. The normalized spacial score (nSPS) is 11.7. The molecule has 3 aromatic carbocycles. The smallest absolute Gasteiger partial charge is 0.257 e. The Morgan fingerprint density at radius 3 is 2.11 bits per heavy atom. The first-order valence-corrected chi connectivity index (χ1v) is 14.5. The number of hydrogen-bond donors (Lipinski definition) is 1. The second kappa shape index (κ2) is 11.4. The predicted octanol–water partition coefficient (Wildman–Crippen LogP) is 6.71. The van der Waals surface area contributed by atoms with Gasteiger partial charge in [0.25, 0.3) is 5.91 Å². The summed E-state index contributed by atoms with van der Waals surface area (Å²) in [5.74, 6) is -0.330. The minimum atomic E-state index is -3.61. The van der Waals surface area contributed by atoms with E-state index in [1.54, 1.807) is 7.05 Å². The third-order valence-corrected chi connectivity index (χ3v) is 9.26. The molecule has 37 heavy (non-hydrogen) atoms. The lowest BCUT2D eigenvalue weighted by atomic mass is 10.0. The molecule has 0 radical (unpaired) electrons. The SMILES string of the molecule is CCCc1sc(NC(=O)c2ccc(S(=O)(=O)N(C)C(C)C)cc2)nc1-c1ccc(-c2ccccc2)cc1. The maximum atomic E-state index is 12.9. The molecule has 1 heterocycles. The van der Waals surface area contributed by atoms with Crippen molar-refractivity contribution in [2.75, 3.05) is 12.4 Å². The largest absolute Gasteiger partial charge is 0.298 e. The van der Waals surface area contributed by atoms with Crippen molar-refractivity contribution >= 4 is 32.4 Å². The van der Waals surface area contributed by atoms with Gasteiger partial charge in [-0.15, -0.1) is 11.3 Å². The molecular weight excluding hydrogens is 502 g/mol. The third kappa shape index (κ3) is 5.98. The van der Waals surface area contributed by atoms with E-state index >= 15 is 0 Å². The highest BCUT2D eigenvalue weighted by molar-refractivity contribution is 7.89. The van der Waals surface area contributed by atoms with Gasteiger partial charge in [0.1, 0.15) is 0 Å². The zero-order valence-corrected chi connectivity index (χ0v) is 23.1. The lowest BCUT2D eigenvalue weighted by Gasteiger charge is -2.20. The van der Waals surface area contributed by atoms with Crippen LogP contribution in [-0.4, -0.2) is 36.7 Å². The number of thiazole rings is 1. The van der Waals surface area contributed by atoms with Gasteiger partial charge in [0.15, 0.2) is 5.13 Å². The van der Waals surface area contributed by atoms with E-state index in [0.717, 1.165) is 40.1 Å². The first kappa shape index (κ1) is 26.7. The number of carbonyl (C=O) groups excluding carboxylic acids is 1. The van der Waals surface area contributed by atoms with Gasteiger partial charge in [-0.05, 0) is 55.7 Å². The fourth-order valence-corrected chi connectivity index (χ4v) is 6.32. The van der Waals surface area contributed by atoms with Crippen LogP contribution in [-0.2, 0) is 16.4 Å². The van der Waals surface area contributed by atoms with E-state index in [4.69, 9.17) is 4.98 Å². The molecule has 4 aromatic rings. The summed E-state index contributed by atoms with van der Waals surface area (Å²) in [6.07, 6.45) is 1.82. The molecule has 8 heteroatoms. The van der Waals surface area contributed by atoms with Crippen LogP contribution >= 0.6 is 11.3 Å². The number of nitrogens with one attached hydrogen (secondary N) is 1. The molecule has 1 aromatic heterocycles. The highest BCUT2D eigenvalue weighted by Gasteiger charge is 2.23. The lowest BCUT2D eigenvalue weighted by Crippen LogP contribution is -2.33. The zero-order chi connectivity index (χ0) is 26.6. The van der Waals surface area contributed by atoms with Gasteiger partial charge in [-0.1, -0.05) is 67.9 Å². The molecule has 1 N–H and O–H groups in total. The summed E-state index contributed by atoms with van der Waals surface area (Å²) in [5, 5.41) is 3.41. The Bertz CT molecular complexity index is 1460. The first-order chi connectivity index (χ1) is 17.7. The van der Waals surface area contributed by atoms with Crippen LogP contribution in [0.3, 0.4) is 0 Å². The number of benzene rings is 3. The topological polar surface area (TPSA) is 79.4 Å². The number of sulfonamides is 1. The van der Waals surface area contributed by atoms with Crippen LogP contribution in [0.25, 0.3) is 22.4 Å². The first-order valence-electron chi connectivity index (χ1n) is 12.3. The molecule has 0 aliphatic carbocycles. The molecule has 1 amide bonds. The van der Waals surface area contributed by atoms with Gasteiger partial charge in [0, 0.05) is 29.1 Å². The molecule has 0 saturated carbocycles. The van der Waals surface area contributed by atoms with Crippen LogP contribution < -0.4 is 5.32 Å². The second-order valence-corrected chi connectivity index (χ2v) is 12.2. The number of aryl methyl sites for hydroxylation is 1. The number of anilines is 1. The number of carbonyl (C=O) groups is 1. The summed E-state index contributed by atoms with van der Waals surface area (Å²) in [6.45, 7) is 5.74. The van der Waals surface area contributed by atoms with Crippen molar-refractivity contribution in [2.24, 2.45) is 0 Å². The number of amides is 1. The minimum Gasteiger partial charge on any atom is -0.298 e. The average Bonchev–Trinajstić information content (AvgIpc) is 3.31. The van der Waals surface area contributed by atoms with Crippen LogP contribution in [0, 0.1) is 0 Å². The number of hydrogen-bond acceptors (Lipinski definition) is 5. The Kier molecular flexibility index (Phi) is 8.22. The molecule has 4 rings (SSSR count). The Balaban J connectivity index is 1.54. The summed E-state index contributed by atoms with van der Waals surface area (Å²) in [5.41, 5.74) is 4.54. The van der Waals surface area contributed by atoms with Crippen molar-refractivity contribution in [2.45, 2.75) is 44.6 Å². The van der Waals surface area contributed by atoms with E-state index in [1.807, 2.05) is 32.0 Å². The summed E-state index contributed by atoms with van der Waals surface area (Å²) in [4.78, 5) is 18.9. The second-order valence-electron chi connectivity index (χ2n) is 9.08. The predicted molar refractivity (Wildman–Crippen MR) is 151 cm³/mol. The van der Waals surface area contributed by atoms with Crippen LogP contribution in [0.15, 0.2) is 83.8 Å². The fraction of sp³-hybridized carbons (Fsp3) is 0.241. The van der Waals surface area contributed by atoms with Crippen molar-refractivity contribution in [1.29, 1.82) is 0 Å². The zero-order valence-electron chi connectivity index (χ0n) is 21.4. The fourth-order valence-electron chi connectivity index (χ4n) is 3.87. The molecule has 0 fully saturated rings. The number of rotatable bonds is 9. The van der Waals surface area contributed by atoms with Gasteiger partial charge in [-0.25, -0.2) is 13.4 Å². The lowest BCUT2D eigenvalue weighted by molar-refractivity contribution is 0.102. The van der Waals surface area contributed by atoms with E-state index in [1.165, 1.54) is 39.9 Å². The average molecular weight is 534 g/mol. The van der Waals surface area contributed by atoms with E-state index in [2.05, 4.69) is 48.6 Å². The maximum Gasteiger partial charge on any atom is 0.257 e. The van der Waals surface area contributed by atoms with Crippen LogP contribution in [0.2, 0.25) is 0 Å². The molecule has 0 bridgehead atoms. The molecule has 0 spiro atoms. The molecule has 192 valence electrons. The Morgan fingerprint density at radius 1 is 0.919 bits per heavy atom. The molecule has 0 unspecified atom stereocenters. The van der Waals surface area contributed by atoms with Crippen molar-refractivity contribution < 1.29 is 13.2 Å². The van der Waals surface area contributed by atoms with E-state index in [9.17, 15) is 13.2 Å². The molecular formula is C29H31N3O3S2. The summed E-state index contributed by atoms with van der Waals surface area (Å²) < 4.78 is 26.7. The minimum absolute atomic E-state index is 0.154. The highest BCUT2D eigenvalue weighted by atomic mass is 32.2. The quantitative estimate of drug-likeness (QED) is 0.259. The Labute approximate surface area is 223 Å². The van der Waals surface area contributed by atoms with Gasteiger partial charge in [-0.3, -0.25) is 10.1 Å². The van der Waals surface area contributed by atoms with Gasteiger partial charge < -0.3 is 0 Å². The Hall–Kier alpha value is -3.33. The van der Waals surface area contributed by atoms with Crippen LogP contribution in [0.5, 0.6) is 0 Å². The Morgan fingerprint density at radius 2 is 1.51 bits per heavy atom. The summed E-state index contributed by atoms with van der Waals surface area (Å²) in [6, 6.07) is 24.3. The molecule has 0 aliphatic heterocycles. The number of aromatic nitrogens is 1. The van der Waals surface area contributed by atoms with E-state index < -0.39 is 10.0 Å². The van der Waals surface area contributed by atoms with Gasteiger partial charge in [0.2, 0.25) is 10.0 Å². The monoisotopic (exact) mass is 533 g/mol. The molecule has 0 aliphatic rings. The van der Waals surface area contributed by atoms with Crippen molar-refractivity contribution in [3.63, 3.8) is 0 Å². The summed E-state index contributed by atoms with van der Waals surface area (Å²) in [7, 11) is -2.06. The van der Waals surface area contributed by atoms with Crippen molar-refractivity contribution in [1.82, 2.24) is 9.29 Å². The van der Waals surface area contributed by atoms with Crippen LogP contribution in [0.4, 0.5) is 5.13 Å². The molecule has 0 saturated heterocycles. The van der Waals surface area contributed by atoms with Gasteiger partial charge in [-0.2, -0.15) is 4.31 Å². The highest BCUT2D eigenvalue weighted by Crippen LogP contribution is 2.33. The maximum absolute atomic E-state index is 12.9. The van der Waals surface area contributed by atoms with Crippen molar-refractivity contribution in [3.05, 3.63) is 89.3 Å². The molecule has 6 nitrogen and oxygen atoms in total. The molecule has 0 atom stereocenters. The van der Waals surface area contributed by atoms with E-state index in [0.29, 0.717) is 10.7 Å². The van der Waals surface area contributed by atoms with Gasteiger partial charge >= 0.3 is 0 Å². The third-order valence-electron chi connectivity index (χ3n) is 6.18. The van der Waals surface area contributed by atoms with Gasteiger partial charge in [0.05, 0.1) is 10.6 Å². The van der Waals surface area contributed by atoms with E-state index in [-0.39, 0.29) is 16.8 Å². The van der Waals surface area contributed by atoms with Crippen LogP contribution in [0.1, 0.15) is 42.4 Å².